The molecule has 1 aromatic rings. The second kappa shape index (κ2) is 5.90. The first-order chi connectivity index (χ1) is 8.41. The van der Waals surface area contributed by atoms with Crippen LogP contribution in [0.15, 0.2) is 12.1 Å². The molecule has 0 heterocycles. The number of nitrogens with one attached hydrogen (secondary N) is 2. The van der Waals surface area contributed by atoms with E-state index in [9.17, 15) is 9.59 Å². The topological polar surface area (TPSA) is 104 Å². The SMILES string of the molecule is CC(=O)NCCNc1cc(C)c(N)c(C(=O)O)c1. The zero-order chi connectivity index (χ0) is 13.7. The molecule has 1 aromatic carbocycles. The van der Waals surface area contributed by atoms with Crippen molar-refractivity contribution in [2.75, 3.05) is 24.1 Å². The monoisotopic (exact) mass is 251 g/mol. The van der Waals surface area contributed by atoms with Crippen molar-refractivity contribution < 1.29 is 14.7 Å². The molecule has 0 bridgehead atoms. The summed E-state index contributed by atoms with van der Waals surface area (Å²) < 4.78 is 0. The first-order valence-corrected chi connectivity index (χ1v) is 5.53. The van der Waals surface area contributed by atoms with Crippen molar-refractivity contribution in [2.45, 2.75) is 13.8 Å². The third kappa shape index (κ3) is 3.65. The molecule has 0 aliphatic rings. The van der Waals surface area contributed by atoms with Crippen molar-refractivity contribution in [1.29, 1.82) is 0 Å². The lowest BCUT2D eigenvalue weighted by molar-refractivity contribution is -0.118. The predicted octanol–water partition coefficient (Wildman–Crippen LogP) is 0.823. The molecule has 0 saturated heterocycles. The fourth-order valence-electron chi connectivity index (χ4n) is 1.52. The summed E-state index contributed by atoms with van der Waals surface area (Å²) in [5, 5.41) is 14.7. The molecule has 18 heavy (non-hydrogen) atoms. The molecule has 5 N–H and O–H groups in total. The molecule has 0 saturated carbocycles. The Morgan fingerprint density at radius 2 is 2.00 bits per heavy atom. The molecule has 0 fully saturated rings. The van der Waals surface area contributed by atoms with E-state index in [0.717, 1.165) is 0 Å². The van der Waals surface area contributed by atoms with Gasteiger partial charge in [-0.05, 0) is 24.6 Å². The van der Waals surface area contributed by atoms with E-state index in [0.29, 0.717) is 24.3 Å². The summed E-state index contributed by atoms with van der Waals surface area (Å²) in [6.45, 7) is 4.18. The van der Waals surface area contributed by atoms with Gasteiger partial charge in [0, 0.05) is 31.4 Å². The zero-order valence-electron chi connectivity index (χ0n) is 10.4. The average molecular weight is 251 g/mol. The van der Waals surface area contributed by atoms with E-state index in [4.69, 9.17) is 10.8 Å². The van der Waals surface area contributed by atoms with Gasteiger partial charge < -0.3 is 21.5 Å². The molecule has 1 amide bonds. The van der Waals surface area contributed by atoms with Gasteiger partial charge >= 0.3 is 5.97 Å². The van der Waals surface area contributed by atoms with Crippen molar-refractivity contribution in [1.82, 2.24) is 5.32 Å². The number of benzene rings is 1. The van der Waals surface area contributed by atoms with Crippen LogP contribution in [0.5, 0.6) is 0 Å². The van der Waals surface area contributed by atoms with Crippen molar-refractivity contribution >= 4 is 23.3 Å². The average Bonchev–Trinajstić information content (AvgIpc) is 2.28. The first kappa shape index (κ1) is 13.8. The molecule has 1 rings (SSSR count). The summed E-state index contributed by atoms with van der Waals surface area (Å²) in [5.74, 6) is -1.15. The maximum Gasteiger partial charge on any atom is 0.337 e. The molecule has 0 unspecified atom stereocenters. The van der Waals surface area contributed by atoms with Crippen LogP contribution in [0.25, 0.3) is 0 Å². The lowest BCUT2D eigenvalue weighted by Gasteiger charge is -2.11. The van der Waals surface area contributed by atoms with E-state index in [1.54, 1.807) is 13.0 Å². The molecule has 98 valence electrons. The van der Waals surface area contributed by atoms with Gasteiger partial charge in [-0.15, -0.1) is 0 Å². The van der Waals surface area contributed by atoms with Crippen LogP contribution in [0.3, 0.4) is 0 Å². The van der Waals surface area contributed by atoms with E-state index in [-0.39, 0.29) is 17.2 Å². The van der Waals surface area contributed by atoms with Gasteiger partial charge in [0.15, 0.2) is 0 Å². The number of nitrogens with two attached hydrogens (primary N) is 1. The molecule has 0 atom stereocenters. The van der Waals surface area contributed by atoms with Gasteiger partial charge in [-0.2, -0.15) is 0 Å². The normalized spacial score (nSPS) is 9.89. The summed E-state index contributed by atoms with van der Waals surface area (Å²) in [6.07, 6.45) is 0. The third-order valence-electron chi connectivity index (χ3n) is 2.45. The molecule has 6 nitrogen and oxygen atoms in total. The Bertz CT molecular complexity index is 472. The van der Waals surface area contributed by atoms with Gasteiger partial charge in [-0.3, -0.25) is 4.79 Å². The highest BCUT2D eigenvalue weighted by Crippen LogP contribution is 2.22. The molecule has 0 aliphatic carbocycles. The number of aryl methyl sites for hydroxylation is 1. The fourth-order valence-corrected chi connectivity index (χ4v) is 1.52. The fraction of sp³-hybridized carbons (Fsp3) is 0.333. The Labute approximate surface area is 105 Å². The van der Waals surface area contributed by atoms with E-state index >= 15 is 0 Å². The van der Waals surface area contributed by atoms with E-state index in [2.05, 4.69) is 10.6 Å². The minimum atomic E-state index is -1.05. The Kier molecular flexibility index (Phi) is 4.53. The van der Waals surface area contributed by atoms with Crippen molar-refractivity contribution in [2.24, 2.45) is 0 Å². The minimum absolute atomic E-state index is 0.0806. The number of aromatic carboxylic acids is 1. The third-order valence-corrected chi connectivity index (χ3v) is 2.45. The number of rotatable bonds is 5. The quantitative estimate of drug-likeness (QED) is 0.458. The zero-order valence-corrected chi connectivity index (χ0v) is 10.4. The summed E-state index contributed by atoms with van der Waals surface area (Å²) in [5.41, 5.74) is 7.41. The Morgan fingerprint density at radius 1 is 1.33 bits per heavy atom. The van der Waals surface area contributed by atoms with Crippen LogP contribution >= 0.6 is 0 Å². The van der Waals surface area contributed by atoms with Gasteiger partial charge in [0.25, 0.3) is 0 Å². The first-order valence-electron chi connectivity index (χ1n) is 5.53. The van der Waals surface area contributed by atoms with Crippen LogP contribution < -0.4 is 16.4 Å². The summed E-state index contributed by atoms with van der Waals surface area (Å²) in [6, 6.07) is 3.26. The molecular weight excluding hydrogens is 234 g/mol. The van der Waals surface area contributed by atoms with Crippen LogP contribution in [0.1, 0.15) is 22.8 Å². The van der Waals surface area contributed by atoms with Gasteiger partial charge in [-0.1, -0.05) is 0 Å². The van der Waals surface area contributed by atoms with Gasteiger partial charge in [0.2, 0.25) is 5.91 Å². The molecule has 0 aromatic heterocycles. The Morgan fingerprint density at radius 3 is 2.56 bits per heavy atom. The van der Waals surface area contributed by atoms with E-state index in [1.165, 1.54) is 13.0 Å². The number of nitrogen functional groups attached to an aromatic ring is 1. The second-order valence-electron chi connectivity index (χ2n) is 3.97. The lowest BCUT2D eigenvalue weighted by Crippen LogP contribution is -2.26. The predicted molar refractivity (Wildman–Crippen MR) is 69.7 cm³/mol. The van der Waals surface area contributed by atoms with Crippen molar-refractivity contribution in [3.8, 4) is 0 Å². The number of carboxylic acid groups (broad SMARTS) is 1. The van der Waals surface area contributed by atoms with Gasteiger partial charge in [0.05, 0.1) is 5.56 Å². The summed E-state index contributed by atoms with van der Waals surface area (Å²) in [4.78, 5) is 21.6. The highest BCUT2D eigenvalue weighted by Gasteiger charge is 2.11. The maximum atomic E-state index is 11.0. The number of amides is 1. The van der Waals surface area contributed by atoms with Crippen molar-refractivity contribution in [3.05, 3.63) is 23.3 Å². The molecular formula is C12H17N3O3. The van der Waals surface area contributed by atoms with Gasteiger partial charge in [-0.25, -0.2) is 4.79 Å². The number of hydrogen-bond donors (Lipinski definition) is 4. The summed E-state index contributed by atoms with van der Waals surface area (Å²) >= 11 is 0. The molecule has 0 radical (unpaired) electrons. The minimum Gasteiger partial charge on any atom is -0.478 e. The van der Waals surface area contributed by atoms with E-state index < -0.39 is 5.97 Å². The smallest absolute Gasteiger partial charge is 0.337 e. The highest BCUT2D eigenvalue weighted by atomic mass is 16.4. The lowest BCUT2D eigenvalue weighted by atomic mass is 10.1. The number of hydrogen-bond acceptors (Lipinski definition) is 4. The standard InChI is InChI=1S/C12H17N3O3/c1-7-5-9(15-4-3-14-8(2)16)6-10(11(7)13)12(17)18/h5-6,15H,3-4,13H2,1-2H3,(H,14,16)(H,17,18). The van der Waals surface area contributed by atoms with Crippen LogP contribution in [0.4, 0.5) is 11.4 Å². The summed E-state index contributed by atoms with van der Waals surface area (Å²) in [7, 11) is 0. The van der Waals surface area contributed by atoms with Crippen LogP contribution in [0.2, 0.25) is 0 Å². The van der Waals surface area contributed by atoms with Crippen LogP contribution in [-0.4, -0.2) is 30.1 Å². The molecule has 0 aliphatic heterocycles. The number of anilines is 2. The molecule has 6 heteroatoms. The largest absolute Gasteiger partial charge is 0.478 e. The Balaban J connectivity index is 2.72. The molecule has 0 spiro atoms. The van der Waals surface area contributed by atoms with Crippen molar-refractivity contribution in [3.63, 3.8) is 0 Å². The maximum absolute atomic E-state index is 11.0. The Hall–Kier alpha value is -2.24. The number of carbonyl (C=O) groups excluding carboxylic acids is 1. The van der Waals surface area contributed by atoms with Crippen LogP contribution in [0, 0.1) is 6.92 Å². The van der Waals surface area contributed by atoms with Crippen LogP contribution in [-0.2, 0) is 4.79 Å². The van der Waals surface area contributed by atoms with Gasteiger partial charge in [0.1, 0.15) is 0 Å². The number of carboxylic acids is 1. The van der Waals surface area contributed by atoms with E-state index in [1.807, 2.05) is 0 Å². The highest BCUT2D eigenvalue weighted by molar-refractivity contribution is 5.95. The second-order valence-corrected chi connectivity index (χ2v) is 3.97. The number of carbonyl (C=O) groups is 2.